The maximum atomic E-state index is 10.9. The van der Waals surface area contributed by atoms with Gasteiger partial charge in [0.2, 0.25) is 0 Å². The van der Waals surface area contributed by atoms with Crippen LogP contribution in [0.15, 0.2) is 0 Å². The van der Waals surface area contributed by atoms with Gasteiger partial charge in [0, 0.05) is 19.6 Å². The van der Waals surface area contributed by atoms with Gasteiger partial charge in [-0.3, -0.25) is 9.69 Å². The molecule has 1 atom stereocenters. The molecule has 1 aliphatic heterocycles. The molecule has 1 rings (SSSR count). The monoisotopic (exact) mass is 172 g/mol. The van der Waals surface area contributed by atoms with Gasteiger partial charge < -0.3 is 5.32 Å². The van der Waals surface area contributed by atoms with Crippen LogP contribution in [-0.4, -0.2) is 43.4 Å². The molecule has 0 aromatic rings. The van der Waals surface area contributed by atoms with Gasteiger partial charge in [0.25, 0.3) is 0 Å². The highest BCUT2D eigenvalue weighted by Gasteiger charge is 2.21. The van der Waals surface area contributed by atoms with E-state index in [1.807, 2.05) is 20.9 Å². The Labute approximate surface area is 75.1 Å². The Morgan fingerprint density at radius 2 is 2.08 bits per heavy atom. The summed E-state index contributed by atoms with van der Waals surface area (Å²) in [7, 11) is 1.99. The van der Waals surface area contributed by atoms with Crippen molar-refractivity contribution in [2.75, 3.05) is 26.7 Å². The summed E-state index contributed by atoms with van der Waals surface area (Å²) in [6, 6.07) is 0.105. The fraction of sp³-hybridized carbons (Fsp3) is 0.889. The van der Waals surface area contributed by atoms with Gasteiger partial charge in [0.05, 0.1) is 6.04 Å². The number of carbonyl (C=O) groups excluding carboxylic acids is 1. The van der Waals surface area contributed by atoms with Crippen LogP contribution in [0, 0.1) is 0 Å². The lowest BCUT2D eigenvalue weighted by molar-refractivity contribution is -0.122. The molecule has 72 valence electrons. The van der Waals surface area contributed by atoms with Gasteiger partial charge in [-0.25, -0.2) is 0 Å². The van der Waals surface area contributed by atoms with Crippen LogP contribution in [0.2, 0.25) is 0 Å². The molecule has 0 bridgehead atoms. The molecule has 12 heavy (non-hydrogen) atoms. The highest BCUT2D eigenvalue weighted by atomic mass is 16.1. The Morgan fingerprint density at radius 1 is 1.50 bits per heavy atom. The van der Waals surface area contributed by atoms with E-state index < -0.39 is 0 Å². The van der Waals surface area contributed by atoms with Crippen molar-refractivity contribution in [1.82, 2.24) is 10.2 Å². The minimum atomic E-state index is 0.105. The number of ketones is 1. The van der Waals surface area contributed by atoms with Crippen molar-refractivity contribution in [3.05, 3.63) is 0 Å². The van der Waals surface area contributed by atoms with E-state index in [1.165, 1.54) is 0 Å². The Balaban J connectivity index is 0.000000561. The largest absolute Gasteiger partial charge is 0.313 e. The molecule has 1 heterocycles. The summed E-state index contributed by atoms with van der Waals surface area (Å²) in [6.45, 7) is 8.44. The Hall–Kier alpha value is -0.410. The summed E-state index contributed by atoms with van der Waals surface area (Å²) in [4.78, 5) is 13.0. The minimum Gasteiger partial charge on any atom is -0.313 e. The first-order chi connectivity index (χ1) is 5.72. The first-order valence-corrected chi connectivity index (χ1v) is 4.63. The van der Waals surface area contributed by atoms with Gasteiger partial charge in [0.15, 0.2) is 0 Å². The molecule has 3 heteroatoms. The van der Waals surface area contributed by atoms with Crippen LogP contribution < -0.4 is 5.32 Å². The smallest absolute Gasteiger partial charge is 0.148 e. The number of nitrogens with one attached hydrogen (secondary N) is 1. The number of likely N-dealkylation sites (N-methyl/N-ethyl adjacent to an activating group) is 1. The number of hydrogen-bond acceptors (Lipinski definition) is 3. The van der Waals surface area contributed by atoms with E-state index in [9.17, 15) is 4.79 Å². The van der Waals surface area contributed by atoms with E-state index >= 15 is 0 Å². The maximum Gasteiger partial charge on any atom is 0.148 e. The van der Waals surface area contributed by atoms with Gasteiger partial charge in [-0.15, -0.1) is 0 Å². The van der Waals surface area contributed by atoms with Crippen LogP contribution in [0.5, 0.6) is 0 Å². The van der Waals surface area contributed by atoms with Crippen LogP contribution in [0.4, 0.5) is 0 Å². The van der Waals surface area contributed by atoms with Crippen molar-refractivity contribution in [2.45, 2.75) is 26.8 Å². The summed E-state index contributed by atoms with van der Waals surface area (Å²) in [5, 5.41) is 3.18. The fourth-order valence-corrected chi connectivity index (χ4v) is 1.26. The van der Waals surface area contributed by atoms with Crippen LogP contribution in [0.3, 0.4) is 0 Å². The average Bonchev–Trinajstić information content (AvgIpc) is 2.08. The van der Waals surface area contributed by atoms with E-state index in [1.54, 1.807) is 6.92 Å². The molecule has 0 aromatic heterocycles. The topological polar surface area (TPSA) is 32.3 Å². The molecule has 1 unspecified atom stereocenters. The predicted octanol–water partition coefficient (Wildman–Crippen LogP) is 0.505. The molecule has 1 aliphatic rings. The summed E-state index contributed by atoms with van der Waals surface area (Å²) in [6.07, 6.45) is 0. The van der Waals surface area contributed by atoms with E-state index in [0.29, 0.717) is 0 Å². The number of piperazine rings is 1. The summed E-state index contributed by atoms with van der Waals surface area (Å²) < 4.78 is 0. The molecule has 1 fully saturated rings. The number of carbonyl (C=O) groups is 1. The van der Waals surface area contributed by atoms with Crippen molar-refractivity contribution in [3.8, 4) is 0 Å². The lowest BCUT2D eigenvalue weighted by Gasteiger charge is -2.30. The fourth-order valence-electron chi connectivity index (χ4n) is 1.26. The third-order valence-corrected chi connectivity index (χ3v) is 1.98. The Kier molecular flexibility index (Phi) is 5.93. The normalized spacial score (nSPS) is 24.2. The zero-order valence-electron chi connectivity index (χ0n) is 8.55. The van der Waals surface area contributed by atoms with E-state index in [-0.39, 0.29) is 11.8 Å². The highest BCUT2D eigenvalue weighted by Crippen LogP contribution is 1.99. The molecule has 0 amide bonds. The zero-order chi connectivity index (χ0) is 9.56. The van der Waals surface area contributed by atoms with Crippen molar-refractivity contribution < 1.29 is 4.79 Å². The van der Waals surface area contributed by atoms with Crippen molar-refractivity contribution in [1.29, 1.82) is 0 Å². The van der Waals surface area contributed by atoms with Gasteiger partial charge >= 0.3 is 0 Å². The van der Waals surface area contributed by atoms with Crippen molar-refractivity contribution >= 4 is 5.78 Å². The lowest BCUT2D eigenvalue weighted by Crippen LogP contribution is -2.52. The van der Waals surface area contributed by atoms with Crippen LogP contribution in [-0.2, 0) is 4.79 Å². The van der Waals surface area contributed by atoms with Crippen LogP contribution in [0.25, 0.3) is 0 Å². The van der Waals surface area contributed by atoms with Crippen LogP contribution in [0.1, 0.15) is 20.8 Å². The molecule has 1 saturated heterocycles. The molecule has 0 aliphatic carbocycles. The molecular weight excluding hydrogens is 152 g/mol. The molecule has 0 radical (unpaired) electrons. The van der Waals surface area contributed by atoms with Gasteiger partial charge in [-0.2, -0.15) is 0 Å². The second kappa shape index (κ2) is 6.14. The summed E-state index contributed by atoms with van der Waals surface area (Å²) in [5.74, 6) is 0.259. The zero-order valence-corrected chi connectivity index (χ0v) is 8.55. The Bertz CT molecular complexity index is 136. The maximum absolute atomic E-state index is 10.9. The van der Waals surface area contributed by atoms with Crippen molar-refractivity contribution in [3.63, 3.8) is 0 Å². The van der Waals surface area contributed by atoms with E-state index in [2.05, 4.69) is 10.2 Å². The molecule has 0 spiro atoms. The number of Topliss-reactive ketones (excluding diaryl/α,β-unsaturated/α-hetero) is 1. The first kappa shape index (κ1) is 11.6. The number of nitrogens with zero attached hydrogens (tertiary/aromatic N) is 1. The summed E-state index contributed by atoms with van der Waals surface area (Å²) in [5.41, 5.74) is 0. The minimum absolute atomic E-state index is 0.105. The predicted molar refractivity (Wildman–Crippen MR) is 51.3 cm³/mol. The summed E-state index contributed by atoms with van der Waals surface area (Å²) >= 11 is 0. The molecule has 0 aromatic carbocycles. The van der Waals surface area contributed by atoms with Gasteiger partial charge in [0.1, 0.15) is 5.78 Å². The molecule has 0 saturated carbocycles. The third kappa shape index (κ3) is 3.32. The average molecular weight is 172 g/mol. The highest BCUT2D eigenvalue weighted by molar-refractivity contribution is 5.81. The second-order valence-corrected chi connectivity index (χ2v) is 2.81. The molecular formula is C9H20N2O. The number of hydrogen-bond donors (Lipinski definition) is 1. The quantitative estimate of drug-likeness (QED) is 0.625. The lowest BCUT2D eigenvalue weighted by atomic mass is 10.1. The standard InChI is InChI=1S/C7H14N2O.C2H6/c1-6(10)7-5-8-3-4-9(7)2;1-2/h7-8H,3-5H2,1-2H3;1-2H3. The Morgan fingerprint density at radius 3 is 2.42 bits per heavy atom. The van der Waals surface area contributed by atoms with E-state index in [4.69, 9.17) is 0 Å². The third-order valence-electron chi connectivity index (χ3n) is 1.98. The van der Waals surface area contributed by atoms with Gasteiger partial charge in [-0.1, -0.05) is 13.8 Å². The first-order valence-electron chi connectivity index (χ1n) is 4.63. The number of rotatable bonds is 1. The molecule has 3 nitrogen and oxygen atoms in total. The van der Waals surface area contributed by atoms with Crippen molar-refractivity contribution in [2.24, 2.45) is 0 Å². The van der Waals surface area contributed by atoms with Crippen LogP contribution >= 0.6 is 0 Å². The van der Waals surface area contributed by atoms with Gasteiger partial charge in [-0.05, 0) is 14.0 Å². The van der Waals surface area contributed by atoms with E-state index in [0.717, 1.165) is 19.6 Å². The SMILES string of the molecule is CC.CC(=O)C1CNCCN1C. The second-order valence-electron chi connectivity index (χ2n) is 2.81. The molecule has 1 N–H and O–H groups in total.